The van der Waals surface area contributed by atoms with Crippen LogP contribution in [-0.4, -0.2) is 67.6 Å². The highest BCUT2D eigenvalue weighted by Crippen LogP contribution is 2.20. The minimum atomic E-state index is 0.00667. The quantitative estimate of drug-likeness (QED) is 0.870. The predicted molar refractivity (Wildman–Crippen MR) is 101 cm³/mol. The van der Waals surface area contributed by atoms with Gasteiger partial charge >= 0.3 is 0 Å². The maximum atomic E-state index is 12.5. The number of nitrogens with one attached hydrogen (secondary N) is 1. The molecule has 2 amide bonds. The molecule has 0 spiro atoms. The Bertz CT molecular complexity index is 603. The zero-order chi connectivity index (χ0) is 18.4. The van der Waals surface area contributed by atoms with Crippen LogP contribution in [-0.2, 0) is 20.7 Å². The van der Waals surface area contributed by atoms with Gasteiger partial charge in [-0.05, 0) is 50.0 Å². The summed E-state index contributed by atoms with van der Waals surface area (Å²) in [6.45, 7) is 6.78. The van der Waals surface area contributed by atoms with E-state index in [-0.39, 0.29) is 17.7 Å². The van der Waals surface area contributed by atoms with Gasteiger partial charge in [0, 0.05) is 24.7 Å². The van der Waals surface area contributed by atoms with Crippen LogP contribution in [0.5, 0.6) is 0 Å². The number of rotatable bonds is 5. The summed E-state index contributed by atoms with van der Waals surface area (Å²) in [6, 6.07) is 7.98. The van der Waals surface area contributed by atoms with Crippen LogP contribution in [0, 0.1) is 5.92 Å². The third kappa shape index (κ3) is 5.05. The Kier molecular flexibility index (Phi) is 6.63. The highest BCUT2D eigenvalue weighted by atomic mass is 16.5. The number of hydrogen-bond acceptors (Lipinski definition) is 4. The van der Waals surface area contributed by atoms with Gasteiger partial charge in [0.05, 0.1) is 19.8 Å². The lowest BCUT2D eigenvalue weighted by molar-refractivity contribution is -0.141. The molecule has 0 unspecified atom stereocenters. The van der Waals surface area contributed by atoms with Crippen LogP contribution in [0.25, 0.3) is 0 Å². The smallest absolute Gasteiger partial charge is 0.238 e. The molecule has 2 aliphatic heterocycles. The van der Waals surface area contributed by atoms with Crippen molar-refractivity contribution in [2.75, 3.05) is 51.3 Å². The zero-order valence-corrected chi connectivity index (χ0v) is 15.6. The van der Waals surface area contributed by atoms with Gasteiger partial charge in [0.2, 0.25) is 11.8 Å². The Morgan fingerprint density at radius 2 is 1.73 bits per heavy atom. The average molecular weight is 359 g/mol. The van der Waals surface area contributed by atoms with Gasteiger partial charge < -0.3 is 15.0 Å². The monoisotopic (exact) mass is 359 g/mol. The molecule has 1 N–H and O–H groups in total. The van der Waals surface area contributed by atoms with Gasteiger partial charge in [0.15, 0.2) is 0 Å². The SMILES string of the molecule is CCc1ccc(NC(=O)CN2CCC(C(=O)N3CCOCC3)CC2)cc1. The maximum Gasteiger partial charge on any atom is 0.238 e. The Morgan fingerprint density at radius 3 is 2.35 bits per heavy atom. The summed E-state index contributed by atoms with van der Waals surface area (Å²) in [4.78, 5) is 28.9. The second-order valence-corrected chi connectivity index (χ2v) is 7.09. The van der Waals surface area contributed by atoms with Crippen LogP contribution in [0.4, 0.5) is 5.69 Å². The van der Waals surface area contributed by atoms with Crippen molar-refractivity contribution in [3.8, 4) is 0 Å². The average Bonchev–Trinajstić information content (AvgIpc) is 2.69. The number of aryl methyl sites for hydroxylation is 1. The summed E-state index contributed by atoms with van der Waals surface area (Å²) in [5.74, 6) is 0.356. The van der Waals surface area contributed by atoms with E-state index in [4.69, 9.17) is 4.74 Å². The van der Waals surface area contributed by atoms with Crippen LogP contribution >= 0.6 is 0 Å². The topological polar surface area (TPSA) is 61.9 Å². The zero-order valence-electron chi connectivity index (χ0n) is 15.6. The molecular formula is C20H29N3O3. The third-order valence-electron chi connectivity index (χ3n) is 5.27. The molecule has 0 radical (unpaired) electrons. The first-order chi connectivity index (χ1) is 12.7. The number of hydrogen-bond donors (Lipinski definition) is 1. The normalized spacial score (nSPS) is 19.3. The van der Waals surface area contributed by atoms with E-state index in [1.54, 1.807) is 0 Å². The molecule has 6 heteroatoms. The molecule has 2 aliphatic rings. The molecule has 0 saturated carbocycles. The van der Waals surface area contributed by atoms with Crippen molar-refractivity contribution in [3.63, 3.8) is 0 Å². The molecule has 0 aliphatic carbocycles. The number of likely N-dealkylation sites (tertiary alicyclic amines) is 1. The Balaban J connectivity index is 1.41. The van der Waals surface area contributed by atoms with Gasteiger partial charge in [-0.25, -0.2) is 0 Å². The Hall–Kier alpha value is -1.92. The second kappa shape index (κ2) is 9.14. The van der Waals surface area contributed by atoms with Crippen molar-refractivity contribution >= 4 is 17.5 Å². The van der Waals surface area contributed by atoms with Crippen molar-refractivity contribution in [1.29, 1.82) is 0 Å². The number of piperidine rings is 1. The minimum absolute atomic E-state index is 0.00667. The first kappa shape index (κ1) is 18.9. The molecule has 1 aromatic rings. The molecule has 0 bridgehead atoms. The largest absolute Gasteiger partial charge is 0.378 e. The summed E-state index contributed by atoms with van der Waals surface area (Å²) in [7, 11) is 0. The number of carbonyl (C=O) groups is 2. The van der Waals surface area contributed by atoms with E-state index in [0.717, 1.165) is 38.0 Å². The van der Waals surface area contributed by atoms with Gasteiger partial charge in [-0.2, -0.15) is 0 Å². The van der Waals surface area contributed by atoms with E-state index in [2.05, 4.69) is 17.1 Å². The van der Waals surface area contributed by atoms with Crippen LogP contribution in [0.15, 0.2) is 24.3 Å². The summed E-state index contributed by atoms with van der Waals surface area (Å²) in [6.07, 6.45) is 2.65. The molecule has 0 aromatic heterocycles. The fourth-order valence-electron chi connectivity index (χ4n) is 3.61. The standard InChI is InChI=1S/C20H29N3O3/c1-2-16-3-5-18(6-4-16)21-19(24)15-22-9-7-17(8-10-22)20(25)23-11-13-26-14-12-23/h3-6,17H,2,7-15H2,1H3,(H,21,24). The number of ether oxygens (including phenoxy) is 1. The van der Waals surface area contributed by atoms with Crippen LogP contribution in [0.3, 0.4) is 0 Å². The molecular weight excluding hydrogens is 330 g/mol. The van der Waals surface area contributed by atoms with Crippen LogP contribution in [0.2, 0.25) is 0 Å². The molecule has 2 saturated heterocycles. The summed E-state index contributed by atoms with van der Waals surface area (Å²) >= 11 is 0. The Morgan fingerprint density at radius 1 is 1.08 bits per heavy atom. The summed E-state index contributed by atoms with van der Waals surface area (Å²) in [5.41, 5.74) is 2.10. The fourth-order valence-corrected chi connectivity index (χ4v) is 3.61. The molecule has 1 aromatic carbocycles. The van der Waals surface area contributed by atoms with Crippen LogP contribution < -0.4 is 5.32 Å². The number of morpholine rings is 1. The number of benzene rings is 1. The number of amides is 2. The number of anilines is 1. The fraction of sp³-hybridized carbons (Fsp3) is 0.600. The van der Waals surface area contributed by atoms with Crippen LogP contribution in [0.1, 0.15) is 25.3 Å². The molecule has 0 atom stereocenters. The highest BCUT2D eigenvalue weighted by Gasteiger charge is 2.29. The van der Waals surface area contributed by atoms with Crippen molar-refractivity contribution in [3.05, 3.63) is 29.8 Å². The van der Waals surface area contributed by atoms with Crippen molar-refractivity contribution < 1.29 is 14.3 Å². The molecule has 26 heavy (non-hydrogen) atoms. The molecule has 2 fully saturated rings. The lowest BCUT2D eigenvalue weighted by Gasteiger charge is -2.35. The van der Waals surface area contributed by atoms with Crippen molar-refractivity contribution in [2.45, 2.75) is 26.2 Å². The molecule has 6 nitrogen and oxygen atoms in total. The van der Waals surface area contributed by atoms with E-state index >= 15 is 0 Å². The van der Waals surface area contributed by atoms with Gasteiger partial charge in [-0.1, -0.05) is 19.1 Å². The van der Waals surface area contributed by atoms with E-state index < -0.39 is 0 Å². The first-order valence-electron chi connectivity index (χ1n) is 9.63. The lowest BCUT2D eigenvalue weighted by Crippen LogP contribution is -2.47. The van der Waals surface area contributed by atoms with Crippen molar-refractivity contribution in [2.24, 2.45) is 5.92 Å². The molecule has 3 rings (SSSR count). The van der Waals surface area contributed by atoms with Gasteiger partial charge in [0.25, 0.3) is 0 Å². The highest BCUT2D eigenvalue weighted by molar-refractivity contribution is 5.92. The molecule has 142 valence electrons. The van der Waals surface area contributed by atoms with Gasteiger partial charge in [-0.3, -0.25) is 14.5 Å². The number of carbonyl (C=O) groups excluding carboxylic acids is 2. The maximum absolute atomic E-state index is 12.5. The Labute approximate surface area is 155 Å². The van der Waals surface area contributed by atoms with Gasteiger partial charge in [0.1, 0.15) is 0 Å². The first-order valence-corrected chi connectivity index (χ1v) is 9.63. The van der Waals surface area contributed by atoms with E-state index in [0.29, 0.717) is 32.8 Å². The van der Waals surface area contributed by atoms with E-state index in [9.17, 15) is 9.59 Å². The predicted octanol–water partition coefficient (Wildman–Crippen LogP) is 1.76. The van der Waals surface area contributed by atoms with Crippen molar-refractivity contribution in [1.82, 2.24) is 9.80 Å². The second-order valence-electron chi connectivity index (χ2n) is 7.09. The third-order valence-corrected chi connectivity index (χ3v) is 5.27. The van der Waals surface area contributed by atoms with E-state index in [1.165, 1.54) is 5.56 Å². The summed E-state index contributed by atoms with van der Waals surface area (Å²) < 4.78 is 5.31. The van der Waals surface area contributed by atoms with Gasteiger partial charge in [-0.15, -0.1) is 0 Å². The summed E-state index contributed by atoms with van der Waals surface area (Å²) in [5, 5.41) is 2.96. The minimum Gasteiger partial charge on any atom is -0.378 e. The number of nitrogens with zero attached hydrogens (tertiary/aromatic N) is 2. The molecule has 2 heterocycles. The van der Waals surface area contributed by atoms with E-state index in [1.807, 2.05) is 29.2 Å². The lowest BCUT2D eigenvalue weighted by atomic mass is 9.95.